The minimum atomic E-state index is -0.0309. The minimum absolute atomic E-state index is 0.0309. The molecule has 124 valence electrons. The molecule has 5 heteroatoms. The van der Waals surface area contributed by atoms with Gasteiger partial charge in [-0.15, -0.1) is 0 Å². The van der Waals surface area contributed by atoms with Gasteiger partial charge in [0.15, 0.2) is 11.5 Å². The van der Waals surface area contributed by atoms with Gasteiger partial charge in [0.2, 0.25) is 5.75 Å². The van der Waals surface area contributed by atoms with Crippen molar-refractivity contribution in [3.8, 4) is 17.2 Å². The maximum atomic E-state index is 10.4. The first-order valence-corrected chi connectivity index (χ1v) is 8.08. The molecule has 0 radical (unpaired) electrons. The Morgan fingerprint density at radius 1 is 1.26 bits per heavy atom. The van der Waals surface area contributed by atoms with Gasteiger partial charge in [0.05, 0.1) is 20.3 Å². The van der Waals surface area contributed by atoms with Crippen LogP contribution in [0.1, 0.15) is 24.0 Å². The fourth-order valence-electron chi connectivity index (χ4n) is 4.69. The molecule has 1 aliphatic carbocycles. The normalized spacial score (nSPS) is 34.0. The fourth-order valence-corrected chi connectivity index (χ4v) is 4.69. The zero-order valence-corrected chi connectivity index (χ0v) is 13.8. The molecule has 0 amide bonds. The summed E-state index contributed by atoms with van der Waals surface area (Å²) in [5, 5.41) is 10.4. The Morgan fingerprint density at radius 2 is 2.09 bits per heavy atom. The van der Waals surface area contributed by atoms with Crippen molar-refractivity contribution >= 4 is 0 Å². The SMILES string of the molecule is COc1cc2c(c(OC)c1O)CN1CCC23C=C[C@H](OC)C[C@@H]13. The molecule has 2 aliphatic heterocycles. The number of benzene rings is 1. The summed E-state index contributed by atoms with van der Waals surface area (Å²) in [5.74, 6) is 1.13. The van der Waals surface area contributed by atoms with Crippen LogP contribution in [-0.2, 0) is 16.7 Å². The van der Waals surface area contributed by atoms with Gasteiger partial charge in [0.25, 0.3) is 0 Å². The van der Waals surface area contributed by atoms with Crippen LogP contribution in [0.25, 0.3) is 0 Å². The zero-order chi connectivity index (χ0) is 16.2. The maximum Gasteiger partial charge on any atom is 0.201 e. The molecule has 23 heavy (non-hydrogen) atoms. The van der Waals surface area contributed by atoms with Crippen molar-refractivity contribution in [1.82, 2.24) is 4.90 Å². The molecule has 0 spiro atoms. The maximum absolute atomic E-state index is 10.4. The van der Waals surface area contributed by atoms with E-state index >= 15 is 0 Å². The van der Waals surface area contributed by atoms with Crippen LogP contribution in [0.4, 0.5) is 0 Å². The smallest absolute Gasteiger partial charge is 0.201 e. The van der Waals surface area contributed by atoms with Gasteiger partial charge in [-0.1, -0.05) is 12.2 Å². The van der Waals surface area contributed by atoms with E-state index in [0.717, 1.165) is 31.5 Å². The molecule has 4 atom stereocenters. The number of aromatic hydroxyl groups is 1. The summed E-state index contributed by atoms with van der Waals surface area (Å²) in [6.07, 6.45) is 6.74. The second-order valence-corrected chi connectivity index (χ2v) is 6.63. The Kier molecular flexibility index (Phi) is 3.32. The summed E-state index contributed by atoms with van der Waals surface area (Å²) in [6.45, 7) is 1.85. The second kappa shape index (κ2) is 5.14. The molecule has 1 aromatic carbocycles. The lowest BCUT2D eigenvalue weighted by Gasteiger charge is -2.46. The highest BCUT2D eigenvalue weighted by Crippen LogP contribution is 2.56. The van der Waals surface area contributed by atoms with Crippen LogP contribution in [0.2, 0.25) is 0 Å². The Morgan fingerprint density at radius 3 is 2.78 bits per heavy atom. The Hall–Kier alpha value is -1.72. The molecule has 3 aliphatic rings. The van der Waals surface area contributed by atoms with E-state index < -0.39 is 0 Å². The van der Waals surface area contributed by atoms with Crippen molar-refractivity contribution in [2.24, 2.45) is 0 Å². The minimum Gasteiger partial charge on any atom is -0.502 e. The van der Waals surface area contributed by atoms with Crippen molar-refractivity contribution < 1.29 is 19.3 Å². The molecule has 0 saturated carbocycles. The van der Waals surface area contributed by atoms with Gasteiger partial charge in [-0.3, -0.25) is 4.90 Å². The summed E-state index contributed by atoms with van der Waals surface area (Å²) in [4.78, 5) is 2.49. The molecule has 1 saturated heterocycles. The second-order valence-electron chi connectivity index (χ2n) is 6.63. The van der Waals surface area contributed by atoms with Crippen LogP contribution in [0.5, 0.6) is 17.2 Å². The molecule has 4 rings (SSSR count). The lowest BCUT2D eigenvalue weighted by molar-refractivity contribution is 0.0743. The summed E-state index contributed by atoms with van der Waals surface area (Å²) in [6, 6.07) is 2.43. The van der Waals surface area contributed by atoms with Crippen LogP contribution in [-0.4, -0.2) is 50.0 Å². The highest BCUT2D eigenvalue weighted by atomic mass is 16.5. The Balaban J connectivity index is 1.93. The summed E-state index contributed by atoms with van der Waals surface area (Å²) >= 11 is 0. The highest BCUT2D eigenvalue weighted by Gasteiger charge is 2.54. The van der Waals surface area contributed by atoms with Crippen molar-refractivity contribution in [2.45, 2.75) is 36.9 Å². The molecular weight excluding hydrogens is 294 g/mol. The van der Waals surface area contributed by atoms with Crippen LogP contribution < -0.4 is 9.47 Å². The molecule has 1 fully saturated rings. The number of methoxy groups -OCH3 is 3. The van der Waals surface area contributed by atoms with E-state index in [0.29, 0.717) is 17.5 Å². The first-order chi connectivity index (χ1) is 11.1. The van der Waals surface area contributed by atoms with E-state index in [1.807, 2.05) is 6.07 Å². The van der Waals surface area contributed by atoms with Crippen molar-refractivity contribution in [2.75, 3.05) is 27.9 Å². The van der Waals surface area contributed by atoms with E-state index in [-0.39, 0.29) is 17.3 Å². The molecule has 1 N–H and O–H groups in total. The monoisotopic (exact) mass is 317 g/mol. The lowest BCUT2D eigenvalue weighted by atomic mass is 9.66. The summed E-state index contributed by atoms with van der Waals surface area (Å²) in [5.41, 5.74) is 2.28. The van der Waals surface area contributed by atoms with Gasteiger partial charge in [-0.25, -0.2) is 0 Å². The molecule has 5 nitrogen and oxygen atoms in total. The number of hydrogen-bond donors (Lipinski definition) is 1. The number of hydrogen-bond acceptors (Lipinski definition) is 5. The average molecular weight is 317 g/mol. The van der Waals surface area contributed by atoms with Crippen molar-refractivity contribution in [1.29, 1.82) is 0 Å². The molecule has 2 heterocycles. The largest absolute Gasteiger partial charge is 0.502 e. The standard InChI is InChI=1S/C18H23NO4/c1-21-11-4-5-18-6-7-19(15(18)8-11)10-12-13(18)9-14(22-2)16(20)17(12)23-3/h4-5,9,11,15,20H,6-8,10H2,1-3H3/t11-,15+,18?/m0/s1. The predicted molar refractivity (Wildman–Crippen MR) is 86.3 cm³/mol. The van der Waals surface area contributed by atoms with Crippen LogP contribution in [0.3, 0.4) is 0 Å². The highest BCUT2D eigenvalue weighted by molar-refractivity contribution is 5.63. The van der Waals surface area contributed by atoms with E-state index in [1.54, 1.807) is 21.3 Å². The summed E-state index contributed by atoms with van der Waals surface area (Å²) in [7, 11) is 4.95. The molecule has 2 bridgehead atoms. The average Bonchev–Trinajstić information content (AvgIpc) is 2.86. The lowest BCUT2D eigenvalue weighted by Crippen LogP contribution is -2.49. The van der Waals surface area contributed by atoms with Gasteiger partial charge in [0, 0.05) is 37.2 Å². The summed E-state index contributed by atoms with van der Waals surface area (Å²) < 4.78 is 16.5. The Labute approximate surface area is 136 Å². The number of rotatable bonds is 3. The van der Waals surface area contributed by atoms with Crippen molar-refractivity contribution in [3.05, 3.63) is 29.3 Å². The van der Waals surface area contributed by atoms with E-state index in [1.165, 1.54) is 5.56 Å². The van der Waals surface area contributed by atoms with Crippen LogP contribution in [0, 0.1) is 0 Å². The zero-order valence-electron chi connectivity index (χ0n) is 13.8. The van der Waals surface area contributed by atoms with Gasteiger partial charge in [-0.05, 0) is 24.5 Å². The molecule has 2 unspecified atom stereocenters. The van der Waals surface area contributed by atoms with Gasteiger partial charge in [0.1, 0.15) is 0 Å². The first-order valence-electron chi connectivity index (χ1n) is 8.08. The third-order valence-corrected chi connectivity index (χ3v) is 5.82. The van der Waals surface area contributed by atoms with Crippen molar-refractivity contribution in [3.63, 3.8) is 0 Å². The van der Waals surface area contributed by atoms with E-state index in [2.05, 4.69) is 17.1 Å². The van der Waals surface area contributed by atoms with Crippen LogP contribution in [0.15, 0.2) is 18.2 Å². The Bertz CT molecular complexity index is 671. The number of ether oxygens (including phenoxy) is 3. The molecule has 1 aromatic rings. The third-order valence-electron chi connectivity index (χ3n) is 5.82. The molecule has 0 aromatic heterocycles. The number of phenolic OH excluding ortho intramolecular Hbond substituents is 1. The topological polar surface area (TPSA) is 51.2 Å². The fraction of sp³-hybridized carbons (Fsp3) is 0.556. The first kappa shape index (κ1) is 14.8. The van der Waals surface area contributed by atoms with Gasteiger partial charge >= 0.3 is 0 Å². The number of phenols is 1. The van der Waals surface area contributed by atoms with Gasteiger partial charge < -0.3 is 19.3 Å². The van der Waals surface area contributed by atoms with Crippen LogP contribution >= 0.6 is 0 Å². The van der Waals surface area contributed by atoms with E-state index in [9.17, 15) is 5.11 Å². The van der Waals surface area contributed by atoms with E-state index in [4.69, 9.17) is 14.2 Å². The number of nitrogens with zero attached hydrogens (tertiary/aromatic N) is 1. The number of fused-ring (bicyclic) bond motifs is 1. The molecular formula is C18H23NO4. The third kappa shape index (κ3) is 1.86. The predicted octanol–water partition coefficient (Wildman–Crippen LogP) is 2.21. The quantitative estimate of drug-likeness (QED) is 0.866. The van der Waals surface area contributed by atoms with Gasteiger partial charge in [-0.2, -0.15) is 0 Å².